The first kappa shape index (κ1) is 19.7. The molecule has 0 unspecified atom stereocenters. The molecule has 0 saturated carbocycles. The third-order valence-electron chi connectivity index (χ3n) is 3.72. The number of aromatic nitrogens is 2. The Hall–Kier alpha value is -3.06. The molecule has 3 aromatic rings. The second-order valence-corrected chi connectivity index (χ2v) is 7.04. The Kier molecular flexibility index (Phi) is 6.86. The van der Waals surface area contributed by atoms with Gasteiger partial charge in [-0.15, -0.1) is 0 Å². The number of hydrogen-bond acceptors (Lipinski definition) is 5. The summed E-state index contributed by atoms with van der Waals surface area (Å²) in [5.74, 6) is 1.31. The van der Waals surface area contributed by atoms with Crippen molar-refractivity contribution in [2.45, 2.75) is 24.9 Å². The number of amides is 1. The number of carbonyl (C=O) groups excluding carboxylic acids is 1. The quantitative estimate of drug-likeness (QED) is 0.440. The van der Waals surface area contributed by atoms with Crippen LogP contribution < -0.4 is 15.6 Å². The number of para-hydroxylation sites is 1. The van der Waals surface area contributed by atoms with Gasteiger partial charge in [-0.25, -0.2) is 4.98 Å². The molecule has 0 fully saturated rings. The Morgan fingerprint density at radius 3 is 2.68 bits per heavy atom. The molecular weight excluding hydrogens is 374 g/mol. The van der Waals surface area contributed by atoms with E-state index in [1.807, 2.05) is 49.4 Å². The number of nitrogens with one attached hydrogen (secondary N) is 2. The molecular formula is C21H21N3O3S. The summed E-state index contributed by atoms with van der Waals surface area (Å²) >= 11 is 1.20. The number of rotatable bonds is 8. The molecule has 28 heavy (non-hydrogen) atoms. The lowest BCUT2D eigenvalue weighted by Gasteiger charge is -2.09. The van der Waals surface area contributed by atoms with E-state index < -0.39 is 0 Å². The third-order valence-corrected chi connectivity index (χ3v) is 4.59. The van der Waals surface area contributed by atoms with Crippen molar-refractivity contribution in [3.8, 4) is 11.5 Å². The molecule has 1 amide bonds. The van der Waals surface area contributed by atoms with Gasteiger partial charge in [-0.05, 0) is 30.7 Å². The molecule has 0 saturated heterocycles. The highest BCUT2D eigenvalue weighted by molar-refractivity contribution is 7.99. The second-order valence-electron chi connectivity index (χ2n) is 6.07. The lowest BCUT2D eigenvalue weighted by molar-refractivity contribution is -0.113. The molecule has 0 atom stereocenters. The second kappa shape index (κ2) is 9.75. The van der Waals surface area contributed by atoms with Gasteiger partial charge in [0.1, 0.15) is 11.5 Å². The Labute approximate surface area is 167 Å². The van der Waals surface area contributed by atoms with Gasteiger partial charge in [0.05, 0.1) is 5.75 Å². The van der Waals surface area contributed by atoms with Gasteiger partial charge in [-0.3, -0.25) is 9.59 Å². The van der Waals surface area contributed by atoms with Crippen molar-refractivity contribution < 1.29 is 9.53 Å². The zero-order chi connectivity index (χ0) is 19.8. The number of hydrogen-bond donors (Lipinski definition) is 2. The number of nitrogens with zero attached hydrogens (tertiary/aromatic N) is 1. The van der Waals surface area contributed by atoms with Crippen molar-refractivity contribution in [1.29, 1.82) is 0 Å². The summed E-state index contributed by atoms with van der Waals surface area (Å²) < 4.78 is 5.77. The van der Waals surface area contributed by atoms with Gasteiger partial charge in [-0.2, -0.15) is 0 Å². The Balaban J connectivity index is 1.58. The lowest BCUT2D eigenvalue weighted by atomic mass is 10.2. The van der Waals surface area contributed by atoms with Gasteiger partial charge in [0, 0.05) is 23.5 Å². The summed E-state index contributed by atoms with van der Waals surface area (Å²) in [6.45, 7) is 2.03. The van der Waals surface area contributed by atoms with E-state index in [0.717, 1.165) is 24.3 Å². The zero-order valence-corrected chi connectivity index (χ0v) is 16.3. The number of anilines is 1. The number of aromatic amines is 1. The fraction of sp³-hybridized carbons (Fsp3) is 0.190. The minimum atomic E-state index is -0.202. The summed E-state index contributed by atoms with van der Waals surface area (Å²) in [6, 6.07) is 18.1. The van der Waals surface area contributed by atoms with Gasteiger partial charge >= 0.3 is 0 Å². The maximum atomic E-state index is 12.3. The molecule has 1 aromatic heterocycles. The monoisotopic (exact) mass is 395 g/mol. The topological polar surface area (TPSA) is 84.1 Å². The average Bonchev–Trinajstić information content (AvgIpc) is 2.67. The standard InChI is InChI=1S/C21H21N3O3S/c1-2-7-15-13-19(25)24-21(23-15)28-14-20(26)22-16-8-6-11-18(12-16)27-17-9-4-3-5-10-17/h3-6,8-13H,2,7,14H2,1H3,(H,22,26)(H,23,24,25). The predicted octanol–water partition coefficient (Wildman–Crippen LogP) is 4.25. The van der Waals surface area contributed by atoms with Crippen molar-refractivity contribution in [3.05, 3.63) is 76.7 Å². The lowest BCUT2D eigenvalue weighted by Crippen LogP contribution is -2.16. The highest BCUT2D eigenvalue weighted by Crippen LogP contribution is 2.24. The summed E-state index contributed by atoms with van der Waals surface area (Å²) in [7, 11) is 0. The highest BCUT2D eigenvalue weighted by atomic mass is 32.2. The van der Waals surface area contributed by atoms with E-state index in [9.17, 15) is 9.59 Å². The molecule has 6 nitrogen and oxygen atoms in total. The van der Waals surface area contributed by atoms with E-state index in [-0.39, 0.29) is 17.2 Å². The van der Waals surface area contributed by atoms with Crippen LogP contribution in [-0.4, -0.2) is 21.6 Å². The van der Waals surface area contributed by atoms with Crippen LogP contribution in [0, 0.1) is 0 Å². The fourth-order valence-electron chi connectivity index (χ4n) is 2.53. The van der Waals surface area contributed by atoms with Gasteiger partial charge < -0.3 is 15.0 Å². The van der Waals surface area contributed by atoms with E-state index in [0.29, 0.717) is 16.6 Å². The average molecular weight is 395 g/mol. The van der Waals surface area contributed by atoms with Crippen LogP contribution >= 0.6 is 11.8 Å². The number of ether oxygens (including phenoxy) is 1. The van der Waals surface area contributed by atoms with Crippen molar-refractivity contribution in [3.63, 3.8) is 0 Å². The molecule has 2 N–H and O–H groups in total. The van der Waals surface area contributed by atoms with Crippen molar-refractivity contribution in [2.24, 2.45) is 0 Å². The minimum absolute atomic E-state index is 0.141. The Morgan fingerprint density at radius 1 is 1.11 bits per heavy atom. The van der Waals surface area contributed by atoms with Crippen LogP contribution in [-0.2, 0) is 11.2 Å². The van der Waals surface area contributed by atoms with E-state index in [4.69, 9.17) is 4.74 Å². The molecule has 2 aromatic carbocycles. The summed E-state index contributed by atoms with van der Waals surface area (Å²) in [5.41, 5.74) is 1.17. The van der Waals surface area contributed by atoms with Gasteiger partial charge in [-0.1, -0.05) is 49.4 Å². The molecule has 0 bridgehead atoms. The van der Waals surface area contributed by atoms with Crippen LogP contribution in [0.2, 0.25) is 0 Å². The molecule has 1 heterocycles. The SMILES string of the molecule is CCCc1cc(=O)[nH]c(SCC(=O)Nc2cccc(Oc3ccccc3)c2)n1. The molecule has 7 heteroatoms. The molecule has 0 radical (unpaired) electrons. The first-order valence-electron chi connectivity index (χ1n) is 8.98. The maximum absolute atomic E-state index is 12.3. The first-order chi connectivity index (χ1) is 13.6. The van der Waals surface area contributed by atoms with Gasteiger partial charge in [0.15, 0.2) is 5.16 Å². The number of thioether (sulfide) groups is 1. The smallest absolute Gasteiger partial charge is 0.251 e. The van der Waals surface area contributed by atoms with Crippen LogP contribution in [0.15, 0.2) is 70.6 Å². The first-order valence-corrected chi connectivity index (χ1v) is 9.97. The van der Waals surface area contributed by atoms with Crippen molar-refractivity contribution in [1.82, 2.24) is 9.97 Å². The Bertz CT molecular complexity index is 989. The fourth-order valence-corrected chi connectivity index (χ4v) is 3.22. The summed E-state index contributed by atoms with van der Waals surface area (Å²) in [5, 5.41) is 3.28. The number of aryl methyl sites for hydroxylation is 1. The van der Waals surface area contributed by atoms with E-state index >= 15 is 0 Å². The van der Waals surface area contributed by atoms with Gasteiger partial charge in [0.2, 0.25) is 5.91 Å². The highest BCUT2D eigenvalue weighted by Gasteiger charge is 2.08. The van der Waals surface area contributed by atoms with Crippen LogP contribution in [0.3, 0.4) is 0 Å². The largest absolute Gasteiger partial charge is 0.457 e. The normalized spacial score (nSPS) is 10.5. The van der Waals surface area contributed by atoms with E-state index in [1.54, 1.807) is 12.1 Å². The number of carbonyl (C=O) groups is 1. The van der Waals surface area contributed by atoms with Crippen LogP contribution in [0.1, 0.15) is 19.0 Å². The number of H-pyrrole nitrogens is 1. The maximum Gasteiger partial charge on any atom is 0.251 e. The molecule has 0 spiro atoms. The van der Waals surface area contributed by atoms with E-state index in [1.165, 1.54) is 17.8 Å². The molecule has 144 valence electrons. The third kappa shape index (κ3) is 5.99. The van der Waals surface area contributed by atoms with Crippen LogP contribution in [0.5, 0.6) is 11.5 Å². The molecule has 3 rings (SSSR count). The van der Waals surface area contributed by atoms with Crippen LogP contribution in [0.4, 0.5) is 5.69 Å². The zero-order valence-electron chi connectivity index (χ0n) is 15.5. The molecule has 0 aliphatic rings. The molecule has 0 aliphatic heterocycles. The Morgan fingerprint density at radius 2 is 1.89 bits per heavy atom. The molecule has 0 aliphatic carbocycles. The number of benzene rings is 2. The predicted molar refractivity (Wildman–Crippen MR) is 111 cm³/mol. The van der Waals surface area contributed by atoms with Crippen molar-refractivity contribution in [2.75, 3.05) is 11.1 Å². The van der Waals surface area contributed by atoms with Gasteiger partial charge in [0.25, 0.3) is 5.56 Å². The minimum Gasteiger partial charge on any atom is -0.457 e. The summed E-state index contributed by atoms with van der Waals surface area (Å²) in [6.07, 6.45) is 1.64. The summed E-state index contributed by atoms with van der Waals surface area (Å²) in [4.78, 5) is 31.0. The van der Waals surface area contributed by atoms with E-state index in [2.05, 4.69) is 15.3 Å². The van der Waals surface area contributed by atoms with Crippen molar-refractivity contribution >= 4 is 23.4 Å². The van der Waals surface area contributed by atoms with Crippen LogP contribution in [0.25, 0.3) is 0 Å².